The molecule has 1 unspecified atom stereocenters. The van der Waals surface area contributed by atoms with Crippen molar-refractivity contribution in [3.05, 3.63) is 70.0 Å². The molecule has 1 aromatic heterocycles. The van der Waals surface area contributed by atoms with Gasteiger partial charge in [-0.2, -0.15) is 0 Å². The third kappa shape index (κ3) is 4.67. The van der Waals surface area contributed by atoms with Gasteiger partial charge in [0.15, 0.2) is 10.9 Å². The Morgan fingerprint density at radius 3 is 2.50 bits per heavy atom. The van der Waals surface area contributed by atoms with E-state index < -0.39 is 5.25 Å². The fourth-order valence-electron chi connectivity index (χ4n) is 2.66. The first-order chi connectivity index (χ1) is 13.5. The molecule has 2 N–H and O–H groups in total. The number of anilines is 1. The van der Waals surface area contributed by atoms with Gasteiger partial charge in [0, 0.05) is 11.3 Å². The molecular formula is C21H22N4O2S. The van der Waals surface area contributed by atoms with Crippen LogP contribution in [0.3, 0.4) is 0 Å². The summed E-state index contributed by atoms with van der Waals surface area (Å²) >= 11 is 1.20. The number of aromatic nitrogens is 3. The van der Waals surface area contributed by atoms with Crippen LogP contribution in [0.2, 0.25) is 0 Å². The predicted molar refractivity (Wildman–Crippen MR) is 113 cm³/mol. The lowest BCUT2D eigenvalue weighted by atomic mass is 10.1. The van der Waals surface area contributed by atoms with Crippen LogP contribution in [0.15, 0.2) is 58.5 Å². The van der Waals surface area contributed by atoms with Crippen molar-refractivity contribution in [3.63, 3.8) is 0 Å². The number of thioether (sulfide) groups is 1. The number of benzene rings is 2. The van der Waals surface area contributed by atoms with Crippen LogP contribution in [0.4, 0.5) is 5.69 Å². The van der Waals surface area contributed by atoms with Gasteiger partial charge >= 0.3 is 0 Å². The van der Waals surface area contributed by atoms with Gasteiger partial charge in [-0.25, -0.2) is 0 Å². The van der Waals surface area contributed by atoms with Crippen molar-refractivity contribution in [2.45, 2.75) is 37.6 Å². The molecule has 1 amide bonds. The van der Waals surface area contributed by atoms with E-state index in [2.05, 4.69) is 20.5 Å². The predicted octanol–water partition coefficient (Wildman–Crippen LogP) is 3.96. The first-order valence-electron chi connectivity index (χ1n) is 9.05. The molecule has 1 heterocycles. The molecule has 0 saturated heterocycles. The lowest BCUT2D eigenvalue weighted by molar-refractivity contribution is -0.115. The van der Waals surface area contributed by atoms with E-state index in [9.17, 15) is 9.59 Å². The SMILES string of the molecule is CCC(Sc1nnc(-c2ccccc2)c(=O)[nH]1)C(=O)Nc1ccc(C)c(C)c1. The van der Waals surface area contributed by atoms with Crippen LogP contribution < -0.4 is 10.9 Å². The van der Waals surface area contributed by atoms with Gasteiger partial charge in [0.2, 0.25) is 5.91 Å². The number of aryl methyl sites for hydroxylation is 2. The van der Waals surface area contributed by atoms with Crippen LogP contribution in [0.25, 0.3) is 11.3 Å². The molecule has 0 spiro atoms. The molecule has 0 aliphatic heterocycles. The van der Waals surface area contributed by atoms with Gasteiger partial charge < -0.3 is 5.32 Å². The van der Waals surface area contributed by atoms with Gasteiger partial charge in [-0.3, -0.25) is 14.6 Å². The number of hydrogen-bond acceptors (Lipinski definition) is 5. The number of carbonyl (C=O) groups is 1. The van der Waals surface area contributed by atoms with Crippen LogP contribution in [0.1, 0.15) is 24.5 Å². The molecule has 3 rings (SSSR count). The largest absolute Gasteiger partial charge is 0.325 e. The van der Waals surface area contributed by atoms with E-state index in [1.54, 1.807) is 12.1 Å². The summed E-state index contributed by atoms with van der Waals surface area (Å²) in [7, 11) is 0. The van der Waals surface area contributed by atoms with Crippen molar-refractivity contribution in [3.8, 4) is 11.3 Å². The molecule has 1 atom stereocenters. The molecule has 0 fully saturated rings. The highest BCUT2D eigenvalue weighted by atomic mass is 32.2. The third-order valence-electron chi connectivity index (χ3n) is 4.42. The zero-order chi connectivity index (χ0) is 20.1. The second-order valence-corrected chi connectivity index (χ2v) is 7.67. The molecule has 0 bridgehead atoms. The monoisotopic (exact) mass is 394 g/mol. The molecule has 3 aromatic rings. The minimum absolute atomic E-state index is 0.134. The van der Waals surface area contributed by atoms with E-state index in [0.717, 1.165) is 11.3 Å². The van der Waals surface area contributed by atoms with Crippen LogP contribution in [0, 0.1) is 13.8 Å². The number of nitrogens with zero attached hydrogens (tertiary/aromatic N) is 2. The Balaban J connectivity index is 1.73. The van der Waals surface area contributed by atoms with Crippen molar-refractivity contribution < 1.29 is 4.79 Å². The maximum absolute atomic E-state index is 12.6. The molecule has 0 saturated carbocycles. The van der Waals surface area contributed by atoms with Crippen LogP contribution in [-0.4, -0.2) is 26.3 Å². The topological polar surface area (TPSA) is 87.7 Å². The van der Waals surface area contributed by atoms with Crippen molar-refractivity contribution >= 4 is 23.4 Å². The smallest absolute Gasteiger partial charge is 0.278 e. The maximum atomic E-state index is 12.6. The minimum atomic E-state index is -0.394. The van der Waals surface area contributed by atoms with Crippen molar-refractivity contribution in [1.29, 1.82) is 0 Å². The average Bonchev–Trinajstić information content (AvgIpc) is 2.69. The van der Waals surface area contributed by atoms with E-state index >= 15 is 0 Å². The number of hydrogen-bond donors (Lipinski definition) is 2. The number of rotatable bonds is 6. The minimum Gasteiger partial charge on any atom is -0.325 e. The summed E-state index contributed by atoms with van der Waals surface area (Å²) in [5.41, 5.74) is 3.68. The highest BCUT2D eigenvalue weighted by Crippen LogP contribution is 2.23. The molecule has 0 radical (unpaired) electrons. The van der Waals surface area contributed by atoms with E-state index in [4.69, 9.17) is 0 Å². The van der Waals surface area contributed by atoms with Crippen LogP contribution in [-0.2, 0) is 4.79 Å². The van der Waals surface area contributed by atoms with Gasteiger partial charge in [0.25, 0.3) is 5.56 Å². The Bertz CT molecular complexity index is 1030. The molecular weight excluding hydrogens is 372 g/mol. The summed E-state index contributed by atoms with van der Waals surface area (Å²) in [4.78, 5) is 27.7. The number of aromatic amines is 1. The summed E-state index contributed by atoms with van der Waals surface area (Å²) < 4.78 is 0. The summed E-state index contributed by atoms with van der Waals surface area (Å²) in [6, 6.07) is 15.0. The number of H-pyrrole nitrogens is 1. The van der Waals surface area contributed by atoms with Gasteiger partial charge in [0.1, 0.15) is 0 Å². The summed E-state index contributed by atoms with van der Waals surface area (Å²) in [6.07, 6.45) is 0.589. The normalized spacial score (nSPS) is 11.8. The fourth-order valence-corrected chi connectivity index (χ4v) is 3.50. The van der Waals surface area contributed by atoms with E-state index in [1.807, 2.05) is 57.2 Å². The lowest BCUT2D eigenvalue weighted by Gasteiger charge is -2.14. The Labute approximate surface area is 167 Å². The van der Waals surface area contributed by atoms with Crippen LogP contribution >= 0.6 is 11.8 Å². The molecule has 0 aliphatic carbocycles. The molecule has 2 aromatic carbocycles. The van der Waals surface area contributed by atoms with Gasteiger partial charge in [-0.1, -0.05) is 55.1 Å². The van der Waals surface area contributed by atoms with E-state index in [1.165, 1.54) is 17.3 Å². The standard InChI is InChI=1S/C21H22N4O2S/c1-4-17(19(26)22-16-11-10-13(2)14(3)12-16)28-21-23-20(27)18(24-25-21)15-8-6-5-7-9-15/h5-12,17H,4H2,1-3H3,(H,22,26)(H,23,25,27). The Hall–Kier alpha value is -2.93. The Kier molecular flexibility index (Phi) is 6.26. The number of carbonyl (C=O) groups excluding carboxylic acids is 1. The van der Waals surface area contributed by atoms with Crippen molar-refractivity contribution in [1.82, 2.24) is 15.2 Å². The summed E-state index contributed by atoms with van der Waals surface area (Å²) in [6.45, 7) is 5.95. The third-order valence-corrected chi connectivity index (χ3v) is 5.65. The molecule has 6 nitrogen and oxygen atoms in total. The summed E-state index contributed by atoms with van der Waals surface area (Å²) in [5.74, 6) is -0.134. The Morgan fingerprint density at radius 1 is 1.11 bits per heavy atom. The summed E-state index contributed by atoms with van der Waals surface area (Å²) in [5, 5.41) is 11.0. The van der Waals surface area contributed by atoms with Crippen LogP contribution in [0.5, 0.6) is 0 Å². The second-order valence-electron chi connectivity index (χ2n) is 6.48. The van der Waals surface area contributed by atoms with E-state index in [-0.39, 0.29) is 17.2 Å². The number of amides is 1. The fraction of sp³-hybridized carbons (Fsp3) is 0.238. The van der Waals surface area contributed by atoms with Crippen molar-refractivity contribution in [2.75, 3.05) is 5.32 Å². The Morgan fingerprint density at radius 2 is 1.86 bits per heavy atom. The zero-order valence-corrected chi connectivity index (χ0v) is 16.8. The second kappa shape index (κ2) is 8.84. The molecule has 0 aliphatic rings. The molecule has 28 heavy (non-hydrogen) atoms. The highest BCUT2D eigenvalue weighted by molar-refractivity contribution is 8.00. The van der Waals surface area contributed by atoms with Gasteiger partial charge in [-0.05, 0) is 43.5 Å². The zero-order valence-electron chi connectivity index (χ0n) is 16.0. The molecule has 7 heteroatoms. The van der Waals surface area contributed by atoms with Gasteiger partial charge in [0.05, 0.1) is 5.25 Å². The van der Waals surface area contributed by atoms with E-state index in [0.29, 0.717) is 17.1 Å². The molecule has 144 valence electrons. The quantitative estimate of drug-likeness (QED) is 0.618. The van der Waals surface area contributed by atoms with Gasteiger partial charge in [-0.15, -0.1) is 10.2 Å². The first kappa shape index (κ1) is 19.8. The average molecular weight is 395 g/mol. The maximum Gasteiger partial charge on any atom is 0.278 e. The first-order valence-corrected chi connectivity index (χ1v) is 9.93. The van der Waals surface area contributed by atoms with Crippen molar-refractivity contribution in [2.24, 2.45) is 0 Å². The lowest BCUT2D eigenvalue weighted by Crippen LogP contribution is -2.25. The highest BCUT2D eigenvalue weighted by Gasteiger charge is 2.20. The number of nitrogens with one attached hydrogen (secondary N) is 2.